The van der Waals surface area contributed by atoms with Crippen molar-refractivity contribution in [3.8, 4) is 11.3 Å². The zero-order chi connectivity index (χ0) is 31.7. The van der Waals surface area contributed by atoms with Crippen molar-refractivity contribution in [3.05, 3.63) is 47.2 Å². The van der Waals surface area contributed by atoms with Crippen LogP contribution >= 0.6 is 0 Å². The van der Waals surface area contributed by atoms with Gasteiger partial charge in [-0.2, -0.15) is 26.3 Å². The lowest BCUT2D eigenvalue weighted by molar-refractivity contribution is -0.162. The predicted octanol–water partition coefficient (Wildman–Crippen LogP) is 7.42. The van der Waals surface area contributed by atoms with Crippen LogP contribution in [0, 0.1) is 5.92 Å². The maximum absolute atomic E-state index is 13.7. The fraction of sp³-hybridized carbons (Fsp3) is 0.625. The van der Waals surface area contributed by atoms with Crippen molar-refractivity contribution in [2.24, 2.45) is 5.92 Å². The lowest BCUT2D eigenvalue weighted by atomic mass is 9.79. The Balaban J connectivity index is 1.27. The number of hydrogen-bond acceptors (Lipinski definition) is 4. The highest BCUT2D eigenvalue weighted by Crippen LogP contribution is 2.40. The van der Waals surface area contributed by atoms with Crippen LogP contribution in [0.1, 0.15) is 88.0 Å². The third-order valence-corrected chi connectivity index (χ3v) is 9.43. The fourth-order valence-electron chi connectivity index (χ4n) is 6.95. The maximum atomic E-state index is 13.7. The zero-order valence-electron chi connectivity index (χ0n) is 24.8. The van der Waals surface area contributed by atoms with E-state index in [0.29, 0.717) is 62.7 Å². The van der Waals surface area contributed by atoms with E-state index in [2.05, 4.69) is 5.32 Å². The number of hydrogen-bond donors (Lipinski definition) is 1. The number of alkyl halides is 6. The molecule has 3 fully saturated rings. The van der Waals surface area contributed by atoms with Crippen molar-refractivity contribution < 1.29 is 40.3 Å². The first-order valence-corrected chi connectivity index (χ1v) is 15.5. The molecule has 1 spiro atoms. The monoisotopic (exact) mass is 627 g/mol. The van der Waals surface area contributed by atoms with E-state index >= 15 is 0 Å². The molecule has 3 heterocycles. The lowest BCUT2D eigenvalue weighted by Crippen LogP contribution is -2.73. The molecule has 2 aromatic rings. The van der Waals surface area contributed by atoms with Gasteiger partial charge < -0.3 is 14.6 Å². The first-order valence-electron chi connectivity index (χ1n) is 15.5. The van der Waals surface area contributed by atoms with E-state index in [0.717, 1.165) is 38.5 Å². The van der Waals surface area contributed by atoms with Crippen LogP contribution in [-0.4, -0.2) is 52.8 Å². The molecule has 2 aliphatic heterocycles. The van der Waals surface area contributed by atoms with Crippen LogP contribution < -0.4 is 5.32 Å². The molecular weight excluding hydrogens is 588 g/mol. The number of piperidine rings is 1. The minimum Gasteiger partial charge on any atom is -0.460 e. The smallest absolute Gasteiger partial charge is 0.416 e. The van der Waals surface area contributed by atoms with E-state index in [-0.39, 0.29) is 35.7 Å². The molecule has 12 heteroatoms. The van der Waals surface area contributed by atoms with Crippen LogP contribution in [0.4, 0.5) is 26.3 Å². The molecule has 1 saturated carbocycles. The minimum atomic E-state index is -4.96. The molecule has 1 aliphatic carbocycles. The number of carbonyl (C=O) groups is 2. The van der Waals surface area contributed by atoms with Gasteiger partial charge in [0, 0.05) is 25.2 Å². The lowest BCUT2D eigenvalue weighted by Gasteiger charge is -2.52. The molecule has 0 bridgehead atoms. The number of rotatable bonds is 8. The summed E-state index contributed by atoms with van der Waals surface area (Å²) in [6.07, 6.45) is -1.03. The van der Waals surface area contributed by atoms with Crippen molar-refractivity contribution in [2.75, 3.05) is 19.6 Å². The van der Waals surface area contributed by atoms with Crippen LogP contribution in [0.2, 0.25) is 0 Å². The number of furan rings is 1. The molecule has 0 radical (unpaired) electrons. The van der Waals surface area contributed by atoms with Crippen LogP contribution in [-0.2, 0) is 28.5 Å². The molecule has 6 nitrogen and oxygen atoms in total. The van der Waals surface area contributed by atoms with Gasteiger partial charge in [0.05, 0.1) is 17.7 Å². The average Bonchev–Trinajstić information content (AvgIpc) is 3.45. The van der Waals surface area contributed by atoms with Crippen molar-refractivity contribution in [1.82, 2.24) is 15.1 Å². The summed E-state index contributed by atoms with van der Waals surface area (Å²) < 4.78 is 85.7. The summed E-state index contributed by atoms with van der Waals surface area (Å²) in [5.74, 6) is 0.598. The first-order chi connectivity index (χ1) is 20.8. The topological polar surface area (TPSA) is 65.8 Å². The predicted molar refractivity (Wildman–Crippen MR) is 151 cm³/mol. The van der Waals surface area contributed by atoms with Crippen LogP contribution in [0.5, 0.6) is 0 Å². The number of likely N-dealkylation sites (tertiary alicyclic amines) is 1. The molecule has 5 rings (SSSR count). The van der Waals surface area contributed by atoms with E-state index in [9.17, 15) is 35.9 Å². The van der Waals surface area contributed by atoms with Gasteiger partial charge in [0.15, 0.2) is 0 Å². The summed E-state index contributed by atoms with van der Waals surface area (Å²) in [4.78, 5) is 31.2. The highest BCUT2D eigenvalue weighted by Gasteiger charge is 2.53. The molecule has 2 saturated heterocycles. The number of piperazine rings is 1. The molecule has 1 atom stereocenters. The van der Waals surface area contributed by atoms with Gasteiger partial charge in [-0.15, -0.1) is 0 Å². The number of unbranched alkanes of at least 4 members (excludes halogenated alkanes) is 1. The third-order valence-electron chi connectivity index (χ3n) is 9.43. The van der Waals surface area contributed by atoms with Crippen molar-refractivity contribution in [1.29, 1.82) is 0 Å². The van der Waals surface area contributed by atoms with Gasteiger partial charge in [-0.05, 0) is 61.9 Å². The highest BCUT2D eigenvalue weighted by molar-refractivity contribution is 6.00. The maximum Gasteiger partial charge on any atom is 0.416 e. The second-order valence-corrected chi connectivity index (χ2v) is 12.5. The Labute approximate surface area is 253 Å². The summed E-state index contributed by atoms with van der Waals surface area (Å²) in [6.45, 7) is 3.76. The standard InChI is InChI=1S/C32H39F6N3O3/c1-2-3-13-41-28(42)26(16-21-7-5-4-6-8-21)39-29(43)30(41)11-14-40(15-12-30)20-25-9-10-27(44-25)22-17-23(31(33,34)35)19-24(18-22)32(36,37)38/h9-10,17-19,21,26H,2-8,11-16,20H2,1H3,(H,39,43). The van der Waals surface area contributed by atoms with Crippen LogP contribution in [0.25, 0.3) is 11.3 Å². The van der Waals surface area contributed by atoms with E-state index in [1.54, 1.807) is 0 Å². The molecule has 242 valence electrons. The summed E-state index contributed by atoms with van der Waals surface area (Å²) >= 11 is 0. The number of carbonyl (C=O) groups excluding carboxylic acids is 2. The van der Waals surface area contributed by atoms with Gasteiger partial charge in [-0.3, -0.25) is 14.5 Å². The number of nitrogens with zero attached hydrogens (tertiary/aromatic N) is 2. The van der Waals surface area contributed by atoms with Crippen molar-refractivity contribution >= 4 is 11.8 Å². The van der Waals surface area contributed by atoms with E-state index in [1.807, 2.05) is 16.7 Å². The molecule has 1 aromatic heterocycles. The van der Waals surface area contributed by atoms with Crippen molar-refractivity contribution in [2.45, 2.75) is 102 Å². The normalized spacial score (nSPS) is 22.1. The second-order valence-electron chi connectivity index (χ2n) is 12.5. The molecule has 1 N–H and O–H groups in total. The third kappa shape index (κ3) is 6.94. The van der Waals surface area contributed by atoms with Crippen LogP contribution in [0.3, 0.4) is 0 Å². The van der Waals surface area contributed by atoms with Gasteiger partial charge in [0.25, 0.3) is 0 Å². The zero-order valence-corrected chi connectivity index (χ0v) is 24.8. The first kappa shape index (κ1) is 32.4. The Bertz CT molecular complexity index is 1290. The fourth-order valence-corrected chi connectivity index (χ4v) is 6.95. The average molecular weight is 628 g/mol. The number of benzene rings is 1. The molecule has 2 amide bonds. The largest absolute Gasteiger partial charge is 0.460 e. The van der Waals surface area contributed by atoms with E-state index in [1.165, 1.54) is 18.6 Å². The quantitative estimate of drug-likeness (QED) is 0.310. The summed E-state index contributed by atoms with van der Waals surface area (Å²) in [6, 6.07) is 3.78. The minimum absolute atomic E-state index is 0.00735. The molecule has 44 heavy (non-hydrogen) atoms. The van der Waals surface area contributed by atoms with E-state index < -0.39 is 35.1 Å². The molecule has 1 aromatic carbocycles. The number of nitrogens with one attached hydrogen (secondary N) is 1. The van der Waals surface area contributed by atoms with Gasteiger partial charge in [-0.25, -0.2) is 0 Å². The molecular formula is C32H39F6N3O3. The summed E-state index contributed by atoms with van der Waals surface area (Å²) in [7, 11) is 0. The van der Waals surface area contributed by atoms with Crippen molar-refractivity contribution in [3.63, 3.8) is 0 Å². The Morgan fingerprint density at radius 2 is 1.57 bits per heavy atom. The molecule has 3 aliphatic rings. The summed E-state index contributed by atoms with van der Waals surface area (Å²) in [5, 5.41) is 3.07. The SMILES string of the molecule is CCCCN1C(=O)C(CC2CCCCC2)NC(=O)C12CCN(Cc1ccc(-c3cc(C(F)(F)F)cc(C(F)(F)F)c3)o1)CC2. The van der Waals surface area contributed by atoms with Gasteiger partial charge in [0.1, 0.15) is 23.1 Å². The van der Waals surface area contributed by atoms with E-state index in [4.69, 9.17) is 4.42 Å². The Morgan fingerprint density at radius 3 is 2.16 bits per heavy atom. The number of halogens is 6. The van der Waals surface area contributed by atoms with Gasteiger partial charge >= 0.3 is 12.4 Å². The van der Waals surface area contributed by atoms with Gasteiger partial charge in [0.2, 0.25) is 11.8 Å². The Hall–Kier alpha value is -3.02. The van der Waals surface area contributed by atoms with Crippen LogP contribution in [0.15, 0.2) is 34.7 Å². The number of amides is 2. The molecule has 1 unspecified atom stereocenters. The Morgan fingerprint density at radius 1 is 0.932 bits per heavy atom. The second kappa shape index (κ2) is 12.8. The Kier molecular flexibility index (Phi) is 9.39. The highest BCUT2D eigenvalue weighted by atomic mass is 19.4. The van der Waals surface area contributed by atoms with Gasteiger partial charge in [-0.1, -0.05) is 45.4 Å². The summed E-state index contributed by atoms with van der Waals surface area (Å²) in [5.41, 5.74) is -4.07.